The second-order valence-corrected chi connectivity index (χ2v) is 5.08. The van der Waals surface area contributed by atoms with Crippen molar-refractivity contribution in [3.05, 3.63) is 0 Å². The average Bonchev–Trinajstić information content (AvgIpc) is 2.72. The molecule has 2 fully saturated rings. The Morgan fingerprint density at radius 3 is 2.76 bits per heavy atom. The Morgan fingerprint density at radius 1 is 1.47 bits per heavy atom. The molecule has 0 radical (unpaired) electrons. The van der Waals surface area contributed by atoms with Gasteiger partial charge in [0.25, 0.3) is 0 Å². The van der Waals surface area contributed by atoms with Gasteiger partial charge in [0, 0.05) is 6.04 Å². The van der Waals surface area contributed by atoms with Gasteiger partial charge in [-0.15, -0.1) is 0 Å². The number of hydrogen-bond acceptors (Lipinski definition) is 4. The van der Waals surface area contributed by atoms with E-state index >= 15 is 0 Å². The minimum Gasteiger partial charge on any atom is -0.386 e. The van der Waals surface area contributed by atoms with Crippen molar-refractivity contribution in [1.82, 2.24) is 10.2 Å². The van der Waals surface area contributed by atoms with E-state index in [0.29, 0.717) is 32.7 Å². The third kappa shape index (κ3) is 2.46. The Bertz CT molecular complexity index is 289. The largest absolute Gasteiger partial charge is 0.386 e. The van der Waals surface area contributed by atoms with Crippen LogP contribution >= 0.6 is 0 Å². The zero-order valence-electron chi connectivity index (χ0n) is 10.6. The normalized spacial score (nSPS) is 31.4. The highest BCUT2D eigenvalue weighted by atomic mass is 16.5. The molecule has 98 valence electrons. The highest BCUT2D eigenvalue weighted by Gasteiger charge is 2.46. The molecule has 2 rings (SSSR count). The fourth-order valence-electron chi connectivity index (χ4n) is 2.54. The van der Waals surface area contributed by atoms with Gasteiger partial charge in [-0.3, -0.25) is 4.79 Å². The van der Waals surface area contributed by atoms with Crippen LogP contribution < -0.4 is 5.32 Å². The number of hydrogen-bond donors (Lipinski definition) is 2. The summed E-state index contributed by atoms with van der Waals surface area (Å²) in [5.41, 5.74) is -0.650. The molecule has 0 aromatic rings. The van der Waals surface area contributed by atoms with Crippen LogP contribution in [0.5, 0.6) is 0 Å². The van der Waals surface area contributed by atoms with Crippen LogP contribution in [-0.4, -0.2) is 60.4 Å². The SMILES string of the molecule is CCNC1COCC1C(=O)N1CC(O)(CC)C1. The first-order valence-corrected chi connectivity index (χ1v) is 6.42. The van der Waals surface area contributed by atoms with E-state index in [1.54, 1.807) is 4.90 Å². The predicted molar refractivity (Wildman–Crippen MR) is 63.6 cm³/mol. The van der Waals surface area contributed by atoms with E-state index in [9.17, 15) is 9.90 Å². The first-order valence-electron chi connectivity index (χ1n) is 6.42. The maximum atomic E-state index is 12.2. The van der Waals surface area contributed by atoms with Crippen LogP contribution in [0.1, 0.15) is 20.3 Å². The fourth-order valence-corrected chi connectivity index (χ4v) is 2.54. The van der Waals surface area contributed by atoms with Crippen molar-refractivity contribution < 1.29 is 14.6 Å². The van der Waals surface area contributed by atoms with E-state index in [1.165, 1.54) is 0 Å². The van der Waals surface area contributed by atoms with Gasteiger partial charge in [-0.2, -0.15) is 0 Å². The number of nitrogens with one attached hydrogen (secondary N) is 1. The fraction of sp³-hybridized carbons (Fsp3) is 0.917. The quantitative estimate of drug-likeness (QED) is 0.704. The number of aliphatic hydroxyl groups is 1. The lowest BCUT2D eigenvalue weighted by Crippen LogP contribution is -2.65. The van der Waals surface area contributed by atoms with E-state index in [1.807, 2.05) is 13.8 Å². The van der Waals surface area contributed by atoms with E-state index in [-0.39, 0.29) is 17.9 Å². The highest BCUT2D eigenvalue weighted by molar-refractivity contribution is 5.81. The third-order valence-corrected chi connectivity index (χ3v) is 3.80. The number of β-amino-alcohol motifs (C(OH)–C–C–N with tert-alkyl or cyclic N) is 1. The van der Waals surface area contributed by atoms with Gasteiger partial charge in [0.15, 0.2) is 0 Å². The number of likely N-dealkylation sites (N-methyl/N-ethyl adjacent to an activating group) is 1. The van der Waals surface area contributed by atoms with Crippen molar-refractivity contribution >= 4 is 5.91 Å². The van der Waals surface area contributed by atoms with Crippen LogP contribution in [0.2, 0.25) is 0 Å². The summed E-state index contributed by atoms with van der Waals surface area (Å²) in [6.45, 7) is 6.86. The first kappa shape index (κ1) is 12.8. The van der Waals surface area contributed by atoms with E-state index < -0.39 is 5.60 Å². The zero-order valence-corrected chi connectivity index (χ0v) is 10.6. The van der Waals surface area contributed by atoms with Crippen molar-refractivity contribution in [1.29, 1.82) is 0 Å². The third-order valence-electron chi connectivity index (χ3n) is 3.80. The molecule has 2 aliphatic rings. The molecule has 17 heavy (non-hydrogen) atoms. The number of likely N-dealkylation sites (tertiary alicyclic amines) is 1. The maximum Gasteiger partial charge on any atom is 0.229 e. The van der Waals surface area contributed by atoms with Gasteiger partial charge in [0.1, 0.15) is 0 Å². The molecule has 0 aromatic heterocycles. The van der Waals surface area contributed by atoms with Crippen LogP contribution in [0.4, 0.5) is 0 Å². The lowest BCUT2D eigenvalue weighted by Gasteiger charge is -2.47. The molecule has 0 bridgehead atoms. The Labute approximate surface area is 102 Å². The lowest BCUT2D eigenvalue weighted by atomic mass is 9.89. The molecular formula is C12H22N2O3. The van der Waals surface area contributed by atoms with Crippen LogP contribution in [0.3, 0.4) is 0 Å². The minimum absolute atomic E-state index is 0.0867. The number of carbonyl (C=O) groups excluding carboxylic acids is 1. The Morgan fingerprint density at radius 2 is 2.18 bits per heavy atom. The van der Waals surface area contributed by atoms with Crippen molar-refractivity contribution in [2.75, 3.05) is 32.8 Å². The lowest BCUT2D eigenvalue weighted by molar-refractivity contribution is -0.160. The average molecular weight is 242 g/mol. The predicted octanol–water partition coefficient (Wildman–Crippen LogP) is -0.406. The molecule has 1 amide bonds. The summed E-state index contributed by atoms with van der Waals surface area (Å²) in [6.07, 6.45) is 0.703. The molecule has 2 saturated heterocycles. The van der Waals surface area contributed by atoms with Crippen LogP contribution in [0.15, 0.2) is 0 Å². The Kier molecular flexibility index (Phi) is 3.70. The molecule has 2 unspecified atom stereocenters. The molecule has 0 aliphatic carbocycles. The monoisotopic (exact) mass is 242 g/mol. The van der Waals surface area contributed by atoms with Crippen molar-refractivity contribution in [3.63, 3.8) is 0 Å². The van der Waals surface area contributed by atoms with Gasteiger partial charge < -0.3 is 20.1 Å². The number of amides is 1. The molecule has 0 spiro atoms. The zero-order chi connectivity index (χ0) is 12.5. The van der Waals surface area contributed by atoms with Crippen molar-refractivity contribution in [3.8, 4) is 0 Å². The van der Waals surface area contributed by atoms with Gasteiger partial charge in [-0.25, -0.2) is 0 Å². The molecule has 2 heterocycles. The van der Waals surface area contributed by atoms with Crippen LogP contribution in [0.25, 0.3) is 0 Å². The summed E-state index contributed by atoms with van der Waals surface area (Å²) in [6, 6.07) is 0.128. The van der Waals surface area contributed by atoms with Crippen molar-refractivity contribution in [2.24, 2.45) is 5.92 Å². The summed E-state index contributed by atoms with van der Waals surface area (Å²) in [7, 11) is 0. The second kappa shape index (κ2) is 4.92. The summed E-state index contributed by atoms with van der Waals surface area (Å²) in [5, 5.41) is 13.2. The first-order chi connectivity index (χ1) is 8.09. The maximum absolute atomic E-state index is 12.2. The van der Waals surface area contributed by atoms with Gasteiger partial charge in [0.05, 0.1) is 37.8 Å². The highest BCUT2D eigenvalue weighted by Crippen LogP contribution is 2.27. The van der Waals surface area contributed by atoms with E-state index in [2.05, 4.69) is 5.32 Å². The minimum atomic E-state index is -0.650. The van der Waals surface area contributed by atoms with Gasteiger partial charge in [-0.05, 0) is 13.0 Å². The van der Waals surface area contributed by atoms with E-state index in [0.717, 1.165) is 6.54 Å². The standard InChI is InChI=1S/C12H22N2O3/c1-3-12(16)7-14(8-12)11(15)9-5-17-6-10(9)13-4-2/h9-10,13,16H,3-8H2,1-2H3. The number of ether oxygens (including phenoxy) is 1. The summed E-state index contributed by atoms with van der Waals surface area (Å²) in [5.74, 6) is 0.0305. The summed E-state index contributed by atoms with van der Waals surface area (Å²) < 4.78 is 5.37. The van der Waals surface area contributed by atoms with Crippen molar-refractivity contribution in [2.45, 2.75) is 31.9 Å². The second-order valence-electron chi connectivity index (χ2n) is 5.08. The number of rotatable bonds is 4. The Balaban J connectivity index is 1.88. The molecule has 0 saturated carbocycles. The smallest absolute Gasteiger partial charge is 0.229 e. The summed E-state index contributed by atoms with van der Waals surface area (Å²) in [4.78, 5) is 14.0. The summed E-state index contributed by atoms with van der Waals surface area (Å²) >= 11 is 0. The molecule has 2 aliphatic heterocycles. The molecule has 2 N–H and O–H groups in total. The molecule has 2 atom stereocenters. The van der Waals surface area contributed by atoms with Crippen LogP contribution in [-0.2, 0) is 9.53 Å². The number of nitrogens with zero attached hydrogens (tertiary/aromatic N) is 1. The van der Waals surface area contributed by atoms with Crippen LogP contribution in [0, 0.1) is 5.92 Å². The van der Waals surface area contributed by atoms with Gasteiger partial charge >= 0.3 is 0 Å². The van der Waals surface area contributed by atoms with Gasteiger partial charge in [-0.1, -0.05) is 13.8 Å². The molecular weight excluding hydrogens is 220 g/mol. The van der Waals surface area contributed by atoms with E-state index in [4.69, 9.17) is 4.74 Å². The molecule has 0 aromatic carbocycles. The topological polar surface area (TPSA) is 61.8 Å². The number of carbonyl (C=O) groups is 1. The van der Waals surface area contributed by atoms with Gasteiger partial charge in [0.2, 0.25) is 5.91 Å². The Hall–Kier alpha value is -0.650. The molecule has 5 heteroatoms. The molecule has 5 nitrogen and oxygen atoms in total.